The van der Waals surface area contributed by atoms with Crippen molar-refractivity contribution in [2.75, 3.05) is 0 Å². The van der Waals surface area contributed by atoms with Crippen molar-refractivity contribution < 1.29 is 27.9 Å². The molecule has 0 saturated carbocycles. The van der Waals surface area contributed by atoms with Crippen LogP contribution in [0.25, 0.3) is 22.3 Å². The second-order valence-corrected chi connectivity index (χ2v) is 8.14. The predicted octanol–water partition coefficient (Wildman–Crippen LogP) is 5.86. The summed E-state index contributed by atoms with van der Waals surface area (Å²) in [5, 5.41) is 12.1. The molecule has 0 spiro atoms. The summed E-state index contributed by atoms with van der Waals surface area (Å²) in [6, 6.07) is 23.4. The molecule has 0 saturated heterocycles. The molecule has 3 aromatic carbocycles. The Hall–Kier alpha value is -4.46. The third-order valence-corrected chi connectivity index (χ3v) is 5.64. The molecule has 0 aliphatic heterocycles. The van der Waals surface area contributed by atoms with Gasteiger partial charge in [0.25, 0.3) is 5.91 Å². The summed E-state index contributed by atoms with van der Waals surface area (Å²) >= 11 is 0. The van der Waals surface area contributed by atoms with Gasteiger partial charge in [0, 0.05) is 12.6 Å². The normalized spacial score (nSPS) is 12.1. The van der Waals surface area contributed by atoms with E-state index < -0.39 is 29.7 Å². The lowest BCUT2D eigenvalue weighted by atomic mass is 10.0. The fourth-order valence-electron chi connectivity index (χ4n) is 3.72. The molecular formula is C28H21F3N2O3. The molecular weight excluding hydrogens is 469 g/mol. The number of amides is 1. The summed E-state index contributed by atoms with van der Waals surface area (Å²) in [5.74, 6) is -1.90. The quantitative estimate of drug-likeness (QED) is 0.340. The van der Waals surface area contributed by atoms with Gasteiger partial charge in [-0.1, -0.05) is 66.7 Å². The maximum absolute atomic E-state index is 12.8. The highest BCUT2D eigenvalue weighted by Crippen LogP contribution is 2.31. The number of hydrogen-bond acceptors (Lipinski definition) is 3. The first-order chi connectivity index (χ1) is 17.2. The maximum atomic E-state index is 12.8. The van der Waals surface area contributed by atoms with Crippen molar-refractivity contribution in [3.05, 3.63) is 114 Å². The van der Waals surface area contributed by atoms with Crippen LogP contribution in [0.5, 0.6) is 0 Å². The first-order valence-electron chi connectivity index (χ1n) is 11.0. The van der Waals surface area contributed by atoms with Crippen molar-refractivity contribution in [2.45, 2.75) is 18.6 Å². The van der Waals surface area contributed by atoms with Crippen LogP contribution in [0.2, 0.25) is 0 Å². The van der Waals surface area contributed by atoms with Crippen LogP contribution in [0, 0.1) is 0 Å². The molecule has 4 rings (SSSR count). The number of carboxylic acids is 1. The van der Waals surface area contributed by atoms with Crippen LogP contribution in [0.1, 0.15) is 21.6 Å². The van der Waals surface area contributed by atoms with E-state index >= 15 is 0 Å². The smallest absolute Gasteiger partial charge is 0.416 e. The Labute approximate surface area is 205 Å². The van der Waals surface area contributed by atoms with Crippen LogP contribution in [-0.4, -0.2) is 28.0 Å². The summed E-state index contributed by atoms with van der Waals surface area (Å²) in [6.07, 6.45) is -3.04. The maximum Gasteiger partial charge on any atom is 0.416 e. The average molecular weight is 490 g/mol. The zero-order valence-corrected chi connectivity index (χ0v) is 18.9. The van der Waals surface area contributed by atoms with Crippen LogP contribution in [-0.2, 0) is 17.4 Å². The van der Waals surface area contributed by atoms with Gasteiger partial charge < -0.3 is 10.4 Å². The number of benzene rings is 3. The van der Waals surface area contributed by atoms with Gasteiger partial charge in [-0.3, -0.25) is 9.78 Å². The second kappa shape index (κ2) is 10.4. The van der Waals surface area contributed by atoms with E-state index in [1.165, 1.54) is 24.4 Å². The molecule has 1 atom stereocenters. The number of pyridine rings is 1. The van der Waals surface area contributed by atoms with E-state index in [1.54, 1.807) is 6.07 Å². The number of carboxylic acid groups (broad SMARTS) is 1. The fraction of sp³-hybridized carbons (Fsp3) is 0.107. The Balaban J connectivity index is 1.46. The Bertz CT molecular complexity index is 1350. The van der Waals surface area contributed by atoms with Crippen LogP contribution in [0.4, 0.5) is 13.2 Å². The minimum Gasteiger partial charge on any atom is -0.480 e. The summed E-state index contributed by atoms with van der Waals surface area (Å²) in [4.78, 5) is 28.6. The van der Waals surface area contributed by atoms with Crippen molar-refractivity contribution in [1.29, 1.82) is 0 Å². The van der Waals surface area contributed by atoms with Crippen molar-refractivity contribution in [1.82, 2.24) is 10.3 Å². The van der Waals surface area contributed by atoms with Gasteiger partial charge >= 0.3 is 12.1 Å². The summed E-state index contributed by atoms with van der Waals surface area (Å²) in [6.45, 7) is 0. The molecule has 0 radical (unpaired) electrons. The van der Waals surface area contributed by atoms with E-state index in [1.807, 2.05) is 54.6 Å². The molecule has 0 bridgehead atoms. The van der Waals surface area contributed by atoms with Gasteiger partial charge in [0.15, 0.2) is 0 Å². The van der Waals surface area contributed by atoms with E-state index in [0.29, 0.717) is 11.1 Å². The molecule has 1 amide bonds. The zero-order chi connectivity index (χ0) is 25.7. The van der Waals surface area contributed by atoms with Crippen LogP contribution >= 0.6 is 0 Å². The minimum absolute atomic E-state index is 0.0435. The number of carbonyl (C=O) groups excluding carboxylic acids is 1. The van der Waals surface area contributed by atoms with E-state index in [0.717, 1.165) is 28.8 Å². The van der Waals surface area contributed by atoms with Crippen LogP contribution in [0.15, 0.2) is 97.2 Å². The van der Waals surface area contributed by atoms with Gasteiger partial charge in [0.2, 0.25) is 0 Å². The number of alkyl halides is 3. The number of hydrogen-bond donors (Lipinski definition) is 2. The average Bonchev–Trinajstić information content (AvgIpc) is 2.89. The molecule has 0 fully saturated rings. The molecule has 0 aliphatic rings. The van der Waals surface area contributed by atoms with Gasteiger partial charge in [-0.25, -0.2) is 4.79 Å². The highest BCUT2D eigenvalue weighted by Gasteiger charge is 2.30. The van der Waals surface area contributed by atoms with Gasteiger partial charge in [-0.15, -0.1) is 0 Å². The first-order valence-corrected chi connectivity index (χ1v) is 11.0. The second-order valence-electron chi connectivity index (χ2n) is 8.14. The Morgan fingerprint density at radius 2 is 1.39 bits per heavy atom. The van der Waals surface area contributed by atoms with Crippen LogP contribution < -0.4 is 5.32 Å². The number of aromatic nitrogens is 1. The summed E-state index contributed by atoms with van der Waals surface area (Å²) in [5.41, 5.74) is 2.87. The molecule has 36 heavy (non-hydrogen) atoms. The largest absolute Gasteiger partial charge is 0.480 e. The highest BCUT2D eigenvalue weighted by atomic mass is 19.4. The fourth-order valence-corrected chi connectivity index (χ4v) is 3.72. The number of aliphatic carboxylic acids is 1. The van der Waals surface area contributed by atoms with Gasteiger partial charge in [-0.05, 0) is 52.1 Å². The molecule has 1 aromatic heterocycles. The Morgan fingerprint density at radius 1 is 0.806 bits per heavy atom. The standard InChI is InChI=1S/C28H21F3N2O3/c29-28(30,31)23-12-10-21(11-13-23)22-14-15-32-24(17-22)26(34)33-25(27(35)36)16-18-6-8-20(9-7-18)19-4-2-1-3-5-19/h1-15,17,25H,16H2,(H,33,34)(H,35,36)/t25-/m0/s1. The van der Waals surface area contributed by atoms with Gasteiger partial charge in [0.1, 0.15) is 11.7 Å². The molecule has 1 heterocycles. The van der Waals surface area contributed by atoms with Crippen molar-refractivity contribution >= 4 is 11.9 Å². The van der Waals surface area contributed by atoms with E-state index in [2.05, 4.69) is 10.3 Å². The number of carbonyl (C=O) groups is 2. The highest BCUT2D eigenvalue weighted by molar-refractivity contribution is 5.96. The molecule has 182 valence electrons. The SMILES string of the molecule is O=C(N[C@@H](Cc1ccc(-c2ccccc2)cc1)C(=O)O)c1cc(-c2ccc(C(F)(F)F)cc2)ccn1. The number of nitrogens with one attached hydrogen (secondary N) is 1. The monoisotopic (exact) mass is 490 g/mol. The number of halogens is 3. The van der Waals surface area contributed by atoms with Crippen molar-refractivity contribution in [3.8, 4) is 22.3 Å². The topological polar surface area (TPSA) is 79.3 Å². The van der Waals surface area contributed by atoms with Crippen molar-refractivity contribution in [3.63, 3.8) is 0 Å². The minimum atomic E-state index is -4.45. The zero-order valence-electron chi connectivity index (χ0n) is 18.9. The first kappa shape index (κ1) is 24.7. The lowest BCUT2D eigenvalue weighted by molar-refractivity contribution is -0.139. The Kier molecular flexibility index (Phi) is 7.15. The number of nitrogens with zero attached hydrogens (tertiary/aromatic N) is 1. The van der Waals surface area contributed by atoms with Gasteiger partial charge in [-0.2, -0.15) is 13.2 Å². The molecule has 0 unspecified atom stereocenters. The lowest BCUT2D eigenvalue weighted by Crippen LogP contribution is -2.42. The molecule has 2 N–H and O–H groups in total. The van der Waals surface area contributed by atoms with Crippen molar-refractivity contribution in [2.24, 2.45) is 0 Å². The third kappa shape index (κ3) is 5.96. The van der Waals surface area contributed by atoms with E-state index in [4.69, 9.17) is 0 Å². The molecule has 0 aliphatic carbocycles. The van der Waals surface area contributed by atoms with Crippen LogP contribution in [0.3, 0.4) is 0 Å². The molecule has 4 aromatic rings. The third-order valence-electron chi connectivity index (χ3n) is 5.64. The van der Waals surface area contributed by atoms with Gasteiger partial charge in [0.05, 0.1) is 5.56 Å². The molecule has 8 heteroatoms. The predicted molar refractivity (Wildman–Crippen MR) is 129 cm³/mol. The van der Waals surface area contributed by atoms with E-state index in [-0.39, 0.29) is 12.1 Å². The Morgan fingerprint density at radius 3 is 2.00 bits per heavy atom. The number of rotatable bonds is 7. The lowest BCUT2D eigenvalue weighted by Gasteiger charge is -2.15. The molecule has 5 nitrogen and oxygen atoms in total. The van der Waals surface area contributed by atoms with E-state index in [9.17, 15) is 27.9 Å². The summed E-state index contributed by atoms with van der Waals surface area (Å²) < 4.78 is 38.5. The summed E-state index contributed by atoms with van der Waals surface area (Å²) in [7, 11) is 0.